The topological polar surface area (TPSA) is 83.5 Å². The molecule has 0 N–H and O–H groups in total. The van der Waals surface area contributed by atoms with Crippen LogP contribution in [0.3, 0.4) is 0 Å². The van der Waals surface area contributed by atoms with E-state index in [-0.39, 0.29) is 0 Å². The zero-order chi connectivity index (χ0) is 14.0. The fraction of sp³-hybridized carbons (Fsp3) is 0.900. The first-order valence-electron chi connectivity index (χ1n) is 5.62. The highest BCUT2D eigenvalue weighted by Gasteiger charge is 2.48. The van der Waals surface area contributed by atoms with Gasteiger partial charge in [0.1, 0.15) is 12.1 Å². The minimum Gasteiger partial charge on any atom is -0.544 e. The Hall–Kier alpha value is -0.760. The predicted molar refractivity (Wildman–Crippen MR) is 56.2 cm³/mol. The second kappa shape index (κ2) is 5.48. The SMILES string of the molecule is CS(=O)(=O)OC(C1CCCCC1)C(F)(F)C(=O)[O-]. The first-order valence-corrected chi connectivity index (χ1v) is 7.44. The van der Waals surface area contributed by atoms with Crippen LogP contribution in [0, 0.1) is 5.92 Å². The Bertz CT molecular complexity index is 400. The lowest BCUT2D eigenvalue weighted by Crippen LogP contribution is -2.54. The number of rotatable bonds is 5. The Morgan fingerprint density at radius 2 is 1.83 bits per heavy atom. The maximum Gasteiger partial charge on any atom is 0.314 e. The summed E-state index contributed by atoms with van der Waals surface area (Å²) in [4.78, 5) is 10.5. The molecule has 0 aliphatic heterocycles. The van der Waals surface area contributed by atoms with Crippen LogP contribution < -0.4 is 5.11 Å². The van der Waals surface area contributed by atoms with Gasteiger partial charge in [-0.25, -0.2) is 0 Å². The van der Waals surface area contributed by atoms with Crippen LogP contribution in [-0.2, 0) is 19.1 Å². The van der Waals surface area contributed by atoms with E-state index in [0.29, 0.717) is 31.9 Å². The van der Waals surface area contributed by atoms with Crippen molar-refractivity contribution in [3.8, 4) is 0 Å². The maximum absolute atomic E-state index is 13.5. The standard InChI is InChI=1S/C10H16F2O5S/c1-18(15,16)17-8(10(11,12)9(13)14)7-5-3-2-4-6-7/h7-8H,2-6H2,1H3,(H,13,14)/p-1. The zero-order valence-corrected chi connectivity index (χ0v) is 10.7. The molecule has 0 saturated heterocycles. The van der Waals surface area contributed by atoms with Gasteiger partial charge < -0.3 is 9.90 Å². The number of hydrogen-bond donors (Lipinski definition) is 0. The summed E-state index contributed by atoms with van der Waals surface area (Å²) in [5, 5.41) is 10.5. The fourth-order valence-electron chi connectivity index (χ4n) is 2.18. The summed E-state index contributed by atoms with van der Waals surface area (Å²) in [5.41, 5.74) is 0. The fourth-order valence-corrected chi connectivity index (χ4v) is 2.83. The molecule has 8 heteroatoms. The molecule has 0 bridgehead atoms. The number of carbonyl (C=O) groups excluding carboxylic acids is 1. The average Bonchev–Trinajstić information content (AvgIpc) is 2.25. The normalized spacial score (nSPS) is 20.6. The summed E-state index contributed by atoms with van der Waals surface area (Å²) < 4.78 is 53.2. The monoisotopic (exact) mass is 285 g/mol. The molecule has 0 aromatic carbocycles. The van der Waals surface area contributed by atoms with Crippen molar-refractivity contribution in [3.05, 3.63) is 0 Å². The van der Waals surface area contributed by atoms with Crippen molar-refractivity contribution in [3.63, 3.8) is 0 Å². The van der Waals surface area contributed by atoms with Gasteiger partial charge in [-0.3, -0.25) is 4.18 Å². The highest BCUT2D eigenvalue weighted by atomic mass is 32.2. The second-order valence-electron chi connectivity index (χ2n) is 4.53. The first-order chi connectivity index (χ1) is 8.14. The number of carboxylic acid groups (broad SMARTS) is 1. The Labute approximate surface area is 104 Å². The summed E-state index contributed by atoms with van der Waals surface area (Å²) in [6.07, 6.45) is 1.24. The first kappa shape index (κ1) is 15.3. The lowest BCUT2D eigenvalue weighted by atomic mass is 9.83. The number of halogens is 2. The number of alkyl halides is 2. The minimum absolute atomic E-state index is 0.322. The number of carboxylic acids is 1. The average molecular weight is 285 g/mol. The van der Waals surface area contributed by atoms with E-state index >= 15 is 0 Å². The van der Waals surface area contributed by atoms with Gasteiger partial charge in [-0.05, 0) is 18.8 Å². The highest BCUT2D eigenvalue weighted by Crippen LogP contribution is 2.36. The van der Waals surface area contributed by atoms with Gasteiger partial charge in [0.15, 0.2) is 0 Å². The van der Waals surface area contributed by atoms with Gasteiger partial charge in [0, 0.05) is 0 Å². The van der Waals surface area contributed by atoms with Crippen LogP contribution in [-0.4, -0.2) is 32.7 Å². The summed E-state index contributed by atoms with van der Waals surface area (Å²) in [6, 6.07) is 0. The van der Waals surface area contributed by atoms with Crippen molar-refractivity contribution in [2.75, 3.05) is 6.26 Å². The van der Waals surface area contributed by atoms with Crippen LogP contribution in [0.5, 0.6) is 0 Å². The van der Waals surface area contributed by atoms with Gasteiger partial charge in [-0.2, -0.15) is 17.2 Å². The third kappa shape index (κ3) is 3.88. The van der Waals surface area contributed by atoms with Crippen molar-refractivity contribution in [1.82, 2.24) is 0 Å². The molecule has 0 heterocycles. The molecule has 0 aromatic rings. The molecule has 1 aliphatic rings. The van der Waals surface area contributed by atoms with Crippen LogP contribution in [0.4, 0.5) is 8.78 Å². The van der Waals surface area contributed by atoms with Gasteiger partial charge >= 0.3 is 5.92 Å². The molecule has 106 valence electrons. The molecule has 18 heavy (non-hydrogen) atoms. The van der Waals surface area contributed by atoms with E-state index in [4.69, 9.17) is 0 Å². The number of carbonyl (C=O) groups is 1. The summed E-state index contributed by atoms with van der Waals surface area (Å²) in [7, 11) is -4.16. The molecule has 1 atom stereocenters. The molecule has 0 spiro atoms. The van der Waals surface area contributed by atoms with Gasteiger partial charge in [0.2, 0.25) is 0 Å². The minimum atomic E-state index is -4.31. The lowest BCUT2D eigenvalue weighted by molar-refractivity contribution is -0.336. The molecule has 1 saturated carbocycles. The third-order valence-electron chi connectivity index (χ3n) is 2.99. The molecular formula is C10H15F2O5S-. The maximum atomic E-state index is 13.5. The predicted octanol–water partition coefficient (Wildman–Crippen LogP) is 0.297. The summed E-state index contributed by atoms with van der Waals surface area (Å²) in [5.74, 6) is -7.71. The van der Waals surface area contributed by atoms with Gasteiger partial charge in [0.05, 0.1) is 6.26 Å². The van der Waals surface area contributed by atoms with E-state index in [0.717, 1.165) is 6.42 Å². The lowest BCUT2D eigenvalue weighted by Gasteiger charge is -2.34. The third-order valence-corrected chi connectivity index (χ3v) is 3.54. The molecule has 1 rings (SSSR count). The molecule has 1 fully saturated rings. The van der Waals surface area contributed by atoms with Gasteiger partial charge in [-0.1, -0.05) is 19.3 Å². The van der Waals surface area contributed by atoms with E-state index in [9.17, 15) is 27.1 Å². The summed E-state index contributed by atoms with van der Waals surface area (Å²) in [6.45, 7) is 0. The Balaban J connectivity index is 2.97. The second-order valence-corrected chi connectivity index (χ2v) is 6.13. The van der Waals surface area contributed by atoms with Crippen LogP contribution in [0.15, 0.2) is 0 Å². The van der Waals surface area contributed by atoms with E-state index in [2.05, 4.69) is 4.18 Å². The van der Waals surface area contributed by atoms with Crippen molar-refractivity contribution in [2.45, 2.75) is 44.1 Å². The molecule has 5 nitrogen and oxygen atoms in total. The van der Waals surface area contributed by atoms with Crippen LogP contribution in [0.2, 0.25) is 0 Å². The smallest absolute Gasteiger partial charge is 0.314 e. The molecule has 0 radical (unpaired) electrons. The summed E-state index contributed by atoms with van der Waals surface area (Å²) >= 11 is 0. The molecular weight excluding hydrogens is 270 g/mol. The van der Waals surface area contributed by atoms with E-state index < -0.39 is 34.0 Å². The van der Waals surface area contributed by atoms with E-state index in [1.165, 1.54) is 0 Å². The van der Waals surface area contributed by atoms with Crippen molar-refractivity contribution in [1.29, 1.82) is 0 Å². The van der Waals surface area contributed by atoms with Crippen LogP contribution in [0.25, 0.3) is 0 Å². The Morgan fingerprint density at radius 3 is 2.22 bits per heavy atom. The number of hydrogen-bond acceptors (Lipinski definition) is 5. The van der Waals surface area contributed by atoms with Crippen molar-refractivity contribution in [2.24, 2.45) is 5.92 Å². The van der Waals surface area contributed by atoms with E-state index in [1.54, 1.807) is 0 Å². The number of aliphatic carboxylic acids is 1. The van der Waals surface area contributed by atoms with Crippen molar-refractivity contribution < 1.29 is 31.3 Å². The van der Waals surface area contributed by atoms with E-state index in [1.807, 2.05) is 0 Å². The Morgan fingerprint density at radius 1 is 1.33 bits per heavy atom. The molecule has 0 aromatic heterocycles. The Kier molecular flexibility index (Phi) is 4.66. The molecule has 0 amide bonds. The molecule has 1 aliphatic carbocycles. The van der Waals surface area contributed by atoms with Gasteiger partial charge in [-0.15, -0.1) is 0 Å². The van der Waals surface area contributed by atoms with Crippen molar-refractivity contribution >= 4 is 16.1 Å². The van der Waals surface area contributed by atoms with Crippen LogP contribution in [0.1, 0.15) is 32.1 Å². The quantitative estimate of drug-likeness (QED) is 0.678. The largest absolute Gasteiger partial charge is 0.544 e. The zero-order valence-electron chi connectivity index (χ0n) is 9.90. The van der Waals surface area contributed by atoms with Gasteiger partial charge in [0.25, 0.3) is 10.1 Å². The highest BCUT2D eigenvalue weighted by molar-refractivity contribution is 7.86. The molecule has 1 unspecified atom stereocenters. The van der Waals surface area contributed by atoms with Crippen LogP contribution >= 0.6 is 0 Å².